The first-order chi connectivity index (χ1) is 12.7. The Morgan fingerprint density at radius 2 is 1.81 bits per heavy atom. The number of non-ortho nitro benzene ring substituents is 1. The molecule has 9 nitrogen and oxygen atoms in total. The van der Waals surface area contributed by atoms with Crippen LogP contribution in [0, 0.1) is 15.9 Å². The van der Waals surface area contributed by atoms with Gasteiger partial charge in [-0.1, -0.05) is 0 Å². The summed E-state index contributed by atoms with van der Waals surface area (Å²) in [6.07, 6.45) is 1.26. The number of amides is 1. The first kappa shape index (κ1) is 20.1. The van der Waals surface area contributed by atoms with Gasteiger partial charge in [0.2, 0.25) is 10.0 Å². The first-order valence-electron chi connectivity index (χ1n) is 7.48. The van der Waals surface area contributed by atoms with Gasteiger partial charge in [-0.25, -0.2) is 18.2 Å². The van der Waals surface area contributed by atoms with Crippen LogP contribution in [-0.4, -0.2) is 43.4 Å². The topological polar surface area (TPSA) is 122 Å². The summed E-state index contributed by atoms with van der Waals surface area (Å²) in [5.74, 6) is -1.27. The zero-order valence-corrected chi connectivity index (χ0v) is 14.9. The molecule has 0 radical (unpaired) electrons. The molecular weight excluding hydrogens is 379 g/mol. The van der Waals surface area contributed by atoms with E-state index in [2.05, 4.69) is 10.5 Å². The zero-order valence-electron chi connectivity index (χ0n) is 14.1. The monoisotopic (exact) mass is 394 g/mol. The van der Waals surface area contributed by atoms with E-state index < -0.39 is 33.2 Å². The average molecular weight is 394 g/mol. The molecule has 0 unspecified atom stereocenters. The maximum atomic E-state index is 12.9. The molecule has 1 amide bonds. The molecule has 0 aliphatic rings. The van der Waals surface area contributed by atoms with Crippen LogP contribution in [0.1, 0.15) is 5.56 Å². The molecule has 0 saturated carbocycles. The molecule has 142 valence electrons. The number of carbonyl (C=O) groups excluding carboxylic acids is 1. The first-order valence-corrected chi connectivity index (χ1v) is 8.92. The molecule has 0 aliphatic carbocycles. The van der Waals surface area contributed by atoms with Crippen molar-refractivity contribution in [3.63, 3.8) is 0 Å². The lowest BCUT2D eigenvalue weighted by Gasteiger charge is -2.15. The van der Waals surface area contributed by atoms with Crippen LogP contribution in [0.5, 0.6) is 0 Å². The number of nitrogens with zero attached hydrogens (tertiary/aromatic N) is 3. The quantitative estimate of drug-likeness (QED) is 0.433. The van der Waals surface area contributed by atoms with Gasteiger partial charge in [0.15, 0.2) is 0 Å². The Kier molecular flexibility index (Phi) is 6.32. The summed E-state index contributed by atoms with van der Waals surface area (Å²) in [7, 11) is -2.74. The number of hydrogen-bond donors (Lipinski definition) is 1. The van der Waals surface area contributed by atoms with E-state index in [-0.39, 0.29) is 10.6 Å². The second-order valence-corrected chi connectivity index (χ2v) is 7.40. The maximum Gasteiger partial charge on any atom is 0.269 e. The van der Waals surface area contributed by atoms with E-state index in [1.54, 1.807) is 0 Å². The van der Waals surface area contributed by atoms with Crippen molar-refractivity contribution in [2.45, 2.75) is 4.90 Å². The number of nitro benzene ring substituents is 1. The normalized spacial score (nSPS) is 11.7. The molecule has 0 heterocycles. The van der Waals surface area contributed by atoms with Crippen molar-refractivity contribution in [3.05, 3.63) is 70.0 Å². The molecule has 11 heteroatoms. The summed E-state index contributed by atoms with van der Waals surface area (Å²) < 4.78 is 38.3. The lowest BCUT2D eigenvalue weighted by Crippen LogP contribution is -2.36. The highest BCUT2D eigenvalue weighted by Gasteiger charge is 2.22. The number of likely N-dealkylation sites (N-methyl/N-ethyl adjacent to an activating group) is 1. The smallest absolute Gasteiger partial charge is 0.269 e. The molecule has 2 aromatic rings. The molecule has 0 fully saturated rings. The van der Waals surface area contributed by atoms with Crippen molar-refractivity contribution < 1.29 is 22.5 Å². The van der Waals surface area contributed by atoms with Gasteiger partial charge in [-0.2, -0.15) is 9.41 Å². The number of rotatable bonds is 7. The summed E-state index contributed by atoms with van der Waals surface area (Å²) in [6, 6.07) is 9.68. The molecule has 0 aromatic heterocycles. The summed E-state index contributed by atoms with van der Waals surface area (Å²) in [4.78, 5) is 21.7. The molecule has 0 bridgehead atoms. The fourth-order valence-corrected chi connectivity index (χ4v) is 3.10. The molecule has 27 heavy (non-hydrogen) atoms. The third-order valence-corrected chi connectivity index (χ3v) is 5.21. The van der Waals surface area contributed by atoms with Crippen LogP contribution in [0.15, 0.2) is 58.5 Å². The molecular formula is C16H15FN4O5S. The van der Waals surface area contributed by atoms with Crippen LogP contribution in [0.3, 0.4) is 0 Å². The Hall–Kier alpha value is -3.18. The van der Waals surface area contributed by atoms with Crippen LogP contribution >= 0.6 is 0 Å². The number of carbonyl (C=O) groups is 1. The van der Waals surface area contributed by atoms with Gasteiger partial charge in [0.1, 0.15) is 5.82 Å². The predicted molar refractivity (Wildman–Crippen MR) is 95.0 cm³/mol. The maximum absolute atomic E-state index is 12.9. The van der Waals surface area contributed by atoms with Gasteiger partial charge in [-0.15, -0.1) is 0 Å². The highest BCUT2D eigenvalue weighted by atomic mass is 32.2. The third kappa shape index (κ3) is 5.39. The fraction of sp³-hybridized carbons (Fsp3) is 0.125. The minimum absolute atomic E-state index is 0.0798. The predicted octanol–water partition coefficient (Wildman–Crippen LogP) is 1.50. The lowest BCUT2D eigenvalue weighted by atomic mass is 10.2. The van der Waals surface area contributed by atoms with Crippen molar-refractivity contribution >= 4 is 27.8 Å². The van der Waals surface area contributed by atoms with Crippen LogP contribution in [-0.2, 0) is 14.8 Å². The Morgan fingerprint density at radius 3 is 2.37 bits per heavy atom. The van der Waals surface area contributed by atoms with Gasteiger partial charge < -0.3 is 0 Å². The average Bonchev–Trinajstić information content (AvgIpc) is 2.62. The summed E-state index contributed by atoms with van der Waals surface area (Å²) in [5, 5.41) is 14.2. The van der Waals surface area contributed by atoms with E-state index in [9.17, 15) is 27.7 Å². The second kappa shape index (κ2) is 8.47. The largest absolute Gasteiger partial charge is 0.272 e. The van der Waals surface area contributed by atoms with E-state index in [1.807, 2.05) is 0 Å². The van der Waals surface area contributed by atoms with E-state index >= 15 is 0 Å². The summed E-state index contributed by atoms with van der Waals surface area (Å²) in [6.45, 7) is -0.503. The minimum Gasteiger partial charge on any atom is -0.272 e. The Labute approximate surface area is 154 Å². The molecule has 2 aromatic carbocycles. The molecule has 2 rings (SSSR count). The third-order valence-electron chi connectivity index (χ3n) is 3.39. The molecule has 0 atom stereocenters. The summed E-state index contributed by atoms with van der Waals surface area (Å²) in [5.41, 5.74) is 2.59. The number of hydrogen-bond acceptors (Lipinski definition) is 6. The van der Waals surface area contributed by atoms with Crippen molar-refractivity contribution in [2.75, 3.05) is 13.6 Å². The van der Waals surface area contributed by atoms with Crippen LogP contribution < -0.4 is 5.43 Å². The Bertz CT molecular complexity index is 959. The lowest BCUT2D eigenvalue weighted by molar-refractivity contribution is -0.384. The number of nitro groups is 1. The zero-order chi connectivity index (χ0) is 20.0. The van der Waals surface area contributed by atoms with Crippen molar-refractivity contribution in [1.29, 1.82) is 0 Å². The van der Waals surface area contributed by atoms with E-state index in [0.29, 0.717) is 5.56 Å². The Balaban J connectivity index is 1.94. The van der Waals surface area contributed by atoms with Crippen LogP contribution in [0.25, 0.3) is 0 Å². The number of sulfonamides is 1. The van der Waals surface area contributed by atoms with Crippen LogP contribution in [0.4, 0.5) is 10.1 Å². The van der Waals surface area contributed by atoms with Crippen LogP contribution in [0.2, 0.25) is 0 Å². The Morgan fingerprint density at radius 1 is 1.22 bits per heavy atom. The molecule has 0 saturated heterocycles. The number of nitrogens with one attached hydrogen (secondary N) is 1. The van der Waals surface area contributed by atoms with Gasteiger partial charge in [0.05, 0.1) is 22.6 Å². The second-order valence-electron chi connectivity index (χ2n) is 5.36. The molecule has 0 aliphatic heterocycles. The van der Waals surface area contributed by atoms with Gasteiger partial charge in [0, 0.05) is 19.2 Å². The molecule has 0 spiro atoms. The standard InChI is InChI=1S/C16H15FN4O5S/c1-20(27(25,26)15-8-4-13(17)5-9-15)11-16(22)19-18-10-12-2-6-14(7-3-12)21(23)24/h2-10H,11H2,1H3,(H,19,22)/b18-10-. The minimum atomic E-state index is -3.95. The van der Waals surface area contributed by atoms with Gasteiger partial charge >= 0.3 is 0 Å². The van der Waals surface area contributed by atoms with E-state index in [1.165, 1.54) is 37.5 Å². The fourth-order valence-electron chi connectivity index (χ4n) is 1.97. The summed E-state index contributed by atoms with van der Waals surface area (Å²) >= 11 is 0. The van der Waals surface area contributed by atoms with Gasteiger partial charge in [-0.05, 0) is 42.0 Å². The SMILES string of the molecule is CN(CC(=O)N/N=C\c1ccc([N+](=O)[O-])cc1)S(=O)(=O)c1ccc(F)cc1. The van der Waals surface area contributed by atoms with Gasteiger partial charge in [0.25, 0.3) is 11.6 Å². The van der Waals surface area contributed by atoms with Crippen molar-refractivity contribution in [1.82, 2.24) is 9.73 Å². The van der Waals surface area contributed by atoms with Crippen molar-refractivity contribution in [3.8, 4) is 0 Å². The molecule has 1 N–H and O–H groups in total. The van der Waals surface area contributed by atoms with Crippen molar-refractivity contribution in [2.24, 2.45) is 5.10 Å². The number of halogens is 1. The highest BCUT2D eigenvalue weighted by Crippen LogP contribution is 2.14. The van der Waals surface area contributed by atoms with Gasteiger partial charge in [-0.3, -0.25) is 14.9 Å². The highest BCUT2D eigenvalue weighted by molar-refractivity contribution is 7.89. The number of hydrazone groups is 1. The van der Waals surface area contributed by atoms with E-state index in [0.717, 1.165) is 28.6 Å². The number of benzene rings is 2. The van der Waals surface area contributed by atoms with E-state index in [4.69, 9.17) is 0 Å².